The molecule has 100 valence electrons. The molecule has 0 aliphatic rings. The Kier molecular flexibility index (Phi) is 3.67. The highest BCUT2D eigenvalue weighted by Gasteiger charge is 2.04. The van der Waals surface area contributed by atoms with Gasteiger partial charge in [0, 0.05) is 18.9 Å². The average molecular weight is 305 g/mol. The molecule has 3 rings (SSSR count). The number of hydrogen-bond acceptors (Lipinski definition) is 4. The molecule has 0 aliphatic heterocycles. The van der Waals surface area contributed by atoms with Crippen LogP contribution < -0.4 is 5.32 Å². The predicted octanol–water partition coefficient (Wildman–Crippen LogP) is 3.94. The van der Waals surface area contributed by atoms with E-state index in [4.69, 9.17) is 23.2 Å². The third-order valence-corrected chi connectivity index (χ3v) is 3.53. The second-order valence-corrected chi connectivity index (χ2v) is 5.03. The van der Waals surface area contributed by atoms with Gasteiger partial charge >= 0.3 is 0 Å². The van der Waals surface area contributed by atoms with E-state index in [1.807, 2.05) is 12.1 Å². The Labute approximate surface area is 125 Å². The van der Waals surface area contributed by atoms with Crippen molar-refractivity contribution in [2.24, 2.45) is 0 Å². The molecular weight excluding hydrogens is 295 g/mol. The lowest BCUT2D eigenvalue weighted by molar-refractivity contribution is 1.09. The Morgan fingerprint density at radius 1 is 1.00 bits per heavy atom. The molecule has 2 aromatic heterocycles. The van der Waals surface area contributed by atoms with Crippen molar-refractivity contribution in [2.45, 2.75) is 6.54 Å². The van der Waals surface area contributed by atoms with Gasteiger partial charge in [-0.3, -0.25) is 9.97 Å². The van der Waals surface area contributed by atoms with Gasteiger partial charge in [-0.25, -0.2) is 4.98 Å². The highest BCUT2D eigenvalue weighted by Crippen LogP contribution is 2.26. The van der Waals surface area contributed by atoms with Crippen LogP contribution in [0.1, 0.15) is 5.56 Å². The summed E-state index contributed by atoms with van der Waals surface area (Å²) in [6, 6.07) is 7.30. The molecule has 0 amide bonds. The van der Waals surface area contributed by atoms with Crippen LogP contribution in [0.3, 0.4) is 0 Å². The Hall–Kier alpha value is -1.91. The molecule has 0 aliphatic carbocycles. The second-order valence-electron chi connectivity index (χ2n) is 4.22. The fraction of sp³-hybridized carbons (Fsp3) is 0.0714. The summed E-state index contributed by atoms with van der Waals surface area (Å²) in [5, 5.41) is 4.16. The molecule has 0 fully saturated rings. The molecule has 0 saturated carbocycles. The van der Waals surface area contributed by atoms with E-state index in [1.165, 1.54) is 0 Å². The topological polar surface area (TPSA) is 50.7 Å². The van der Waals surface area contributed by atoms with E-state index < -0.39 is 0 Å². The van der Waals surface area contributed by atoms with Gasteiger partial charge in [0.25, 0.3) is 0 Å². The highest BCUT2D eigenvalue weighted by atomic mass is 35.5. The van der Waals surface area contributed by atoms with Crippen LogP contribution in [0.15, 0.2) is 42.9 Å². The predicted molar refractivity (Wildman–Crippen MR) is 81.1 cm³/mol. The molecule has 6 heteroatoms. The number of nitrogens with zero attached hydrogens (tertiary/aromatic N) is 3. The van der Waals surface area contributed by atoms with Crippen molar-refractivity contribution in [3.63, 3.8) is 0 Å². The minimum absolute atomic E-state index is 0.472. The lowest BCUT2D eigenvalue weighted by Gasteiger charge is -2.06. The summed E-state index contributed by atoms with van der Waals surface area (Å²) in [7, 11) is 0. The first-order valence-electron chi connectivity index (χ1n) is 5.97. The number of nitrogens with one attached hydrogen (secondary N) is 1. The molecular formula is C14H10Cl2N4. The maximum absolute atomic E-state index is 5.99. The van der Waals surface area contributed by atoms with E-state index >= 15 is 0 Å². The number of halogens is 2. The molecule has 0 saturated heterocycles. The fourth-order valence-corrected chi connectivity index (χ4v) is 2.10. The van der Waals surface area contributed by atoms with Gasteiger partial charge in [0.1, 0.15) is 5.82 Å². The van der Waals surface area contributed by atoms with Crippen LogP contribution in [-0.4, -0.2) is 15.0 Å². The zero-order chi connectivity index (χ0) is 13.9. The van der Waals surface area contributed by atoms with Gasteiger partial charge < -0.3 is 5.32 Å². The van der Waals surface area contributed by atoms with Gasteiger partial charge in [0.2, 0.25) is 0 Å². The fourth-order valence-electron chi connectivity index (χ4n) is 1.79. The average Bonchev–Trinajstić information content (AvgIpc) is 2.47. The first-order valence-corrected chi connectivity index (χ1v) is 6.72. The summed E-state index contributed by atoms with van der Waals surface area (Å²) in [6.07, 6.45) is 5.18. The summed E-state index contributed by atoms with van der Waals surface area (Å²) in [6.45, 7) is 0.657. The maximum atomic E-state index is 5.99. The number of hydrogen-bond donors (Lipinski definition) is 1. The molecule has 0 bridgehead atoms. The van der Waals surface area contributed by atoms with E-state index in [1.54, 1.807) is 30.7 Å². The van der Waals surface area contributed by atoms with Crippen LogP contribution >= 0.6 is 23.2 Å². The molecule has 4 nitrogen and oxygen atoms in total. The minimum Gasteiger partial charge on any atom is -0.365 e. The van der Waals surface area contributed by atoms with Gasteiger partial charge in [0.05, 0.1) is 27.3 Å². The molecule has 20 heavy (non-hydrogen) atoms. The van der Waals surface area contributed by atoms with Crippen molar-refractivity contribution in [1.82, 2.24) is 15.0 Å². The molecule has 0 radical (unpaired) electrons. The van der Waals surface area contributed by atoms with E-state index in [-0.39, 0.29) is 0 Å². The zero-order valence-electron chi connectivity index (χ0n) is 10.3. The van der Waals surface area contributed by atoms with Gasteiger partial charge in [-0.2, -0.15) is 0 Å². The SMILES string of the molecule is Clc1cc2ncc(NCc3ccncc3)nc2cc1Cl. The lowest BCUT2D eigenvalue weighted by atomic mass is 10.2. The van der Waals surface area contributed by atoms with Crippen molar-refractivity contribution in [2.75, 3.05) is 5.32 Å². The summed E-state index contributed by atoms with van der Waals surface area (Å²) in [4.78, 5) is 12.8. The first kappa shape index (κ1) is 13.1. The Balaban J connectivity index is 1.84. The second kappa shape index (κ2) is 5.61. The molecule has 0 spiro atoms. The summed E-state index contributed by atoms with van der Waals surface area (Å²) >= 11 is 11.9. The largest absolute Gasteiger partial charge is 0.365 e. The van der Waals surface area contributed by atoms with Crippen LogP contribution in [0.4, 0.5) is 5.82 Å². The molecule has 0 unspecified atom stereocenters. The van der Waals surface area contributed by atoms with E-state index in [0.717, 1.165) is 5.56 Å². The monoisotopic (exact) mass is 304 g/mol. The van der Waals surface area contributed by atoms with Crippen LogP contribution in [0.25, 0.3) is 11.0 Å². The Morgan fingerprint density at radius 2 is 1.70 bits per heavy atom. The quantitative estimate of drug-likeness (QED) is 0.796. The highest BCUT2D eigenvalue weighted by molar-refractivity contribution is 6.42. The van der Waals surface area contributed by atoms with E-state index in [0.29, 0.717) is 33.4 Å². The Bertz CT molecular complexity index is 747. The first-order chi connectivity index (χ1) is 9.72. The van der Waals surface area contributed by atoms with Gasteiger partial charge in [-0.1, -0.05) is 23.2 Å². The number of pyridine rings is 1. The number of benzene rings is 1. The van der Waals surface area contributed by atoms with Crippen LogP contribution in [0, 0.1) is 0 Å². The number of aromatic nitrogens is 3. The normalized spacial score (nSPS) is 10.7. The smallest absolute Gasteiger partial charge is 0.145 e. The van der Waals surface area contributed by atoms with Gasteiger partial charge in [-0.05, 0) is 29.8 Å². The summed E-state index contributed by atoms with van der Waals surface area (Å²) < 4.78 is 0. The molecule has 1 aromatic carbocycles. The Morgan fingerprint density at radius 3 is 2.45 bits per heavy atom. The van der Waals surface area contributed by atoms with Crippen molar-refractivity contribution in [3.8, 4) is 0 Å². The van der Waals surface area contributed by atoms with Crippen molar-refractivity contribution in [1.29, 1.82) is 0 Å². The van der Waals surface area contributed by atoms with Crippen LogP contribution in [-0.2, 0) is 6.54 Å². The molecule has 3 aromatic rings. The third-order valence-electron chi connectivity index (χ3n) is 2.81. The zero-order valence-corrected chi connectivity index (χ0v) is 11.9. The van der Waals surface area contributed by atoms with Crippen molar-refractivity contribution in [3.05, 3.63) is 58.5 Å². The minimum atomic E-state index is 0.472. The molecule has 0 atom stereocenters. The molecule has 1 N–H and O–H groups in total. The third kappa shape index (κ3) is 2.81. The number of fused-ring (bicyclic) bond motifs is 1. The molecule has 2 heterocycles. The standard InChI is InChI=1S/C14H10Cl2N4/c15-10-5-12-13(6-11(10)16)20-14(8-18-12)19-7-9-1-3-17-4-2-9/h1-6,8H,7H2,(H,19,20). The number of anilines is 1. The van der Waals surface area contributed by atoms with Crippen LogP contribution in [0.5, 0.6) is 0 Å². The van der Waals surface area contributed by atoms with E-state index in [2.05, 4.69) is 20.3 Å². The summed E-state index contributed by atoms with van der Waals surface area (Å²) in [5.74, 6) is 0.688. The summed E-state index contributed by atoms with van der Waals surface area (Å²) in [5.41, 5.74) is 2.55. The van der Waals surface area contributed by atoms with Gasteiger partial charge in [0.15, 0.2) is 0 Å². The van der Waals surface area contributed by atoms with Crippen LogP contribution in [0.2, 0.25) is 10.0 Å². The van der Waals surface area contributed by atoms with E-state index in [9.17, 15) is 0 Å². The number of rotatable bonds is 3. The lowest BCUT2D eigenvalue weighted by Crippen LogP contribution is -2.02. The maximum Gasteiger partial charge on any atom is 0.145 e. The van der Waals surface area contributed by atoms with Gasteiger partial charge in [-0.15, -0.1) is 0 Å². The van der Waals surface area contributed by atoms with Crippen molar-refractivity contribution < 1.29 is 0 Å². The van der Waals surface area contributed by atoms with Crippen molar-refractivity contribution >= 4 is 40.1 Å².